The van der Waals surface area contributed by atoms with Crippen molar-refractivity contribution in [1.82, 2.24) is 0 Å². The Morgan fingerprint density at radius 2 is 0.587 bits per heavy atom. The van der Waals surface area contributed by atoms with Crippen molar-refractivity contribution in [3.8, 4) is 0 Å². The molecular weight excluding hydrogens is 1180 g/mol. The summed E-state index contributed by atoms with van der Waals surface area (Å²) >= 11 is 0. The first-order chi connectivity index (χ1) is 43.8. The second kappa shape index (κ2) is 44.9. The van der Waals surface area contributed by atoms with Gasteiger partial charge in [-0.1, -0.05) is 296 Å². The lowest BCUT2D eigenvalue weighted by Crippen LogP contribution is -2.47. The number of halogens is 9. The number of rotatable bonds is 44. The first-order valence-electron chi connectivity index (χ1n) is 35.0. The molecule has 5 aromatic rings. The normalized spacial score (nSPS) is 12.3. The molecule has 0 saturated heterocycles. The standard InChI is InChI=1S/C27H22BF9O3.2C25H46N/c29-25(30,31)21-10-4-7-18(15-21)24(13-2-1-3-14-40-28(38)39,19-8-5-11-22(16-19)26(32,33)34)20-9-6-12-23(17-20)27(35,36)37;2*1-4-5-6-7-8-9-10-11-12-13-14-15-16-20-23-26(2,3)24-25-21-18-17-19-22-25/h4-12,15-17H,1-3,13-14H2;2*17-19,21-22H,4-16,20,23-24H2,1-3H3/q-2;2*+1. The smallest absolute Gasteiger partial charge is 0.416 e. The minimum absolute atomic E-state index is 0.0917. The highest BCUT2D eigenvalue weighted by Crippen LogP contribution is 2.47. The largest absolute Gasteiger partial charge is 0.871 e. The van der Waals surface area contributed by atoms with Gasteiger partial charge >= 0.3 is 18.5 Å². The third-order valence-electron chi connectivity index (χ3n) is 17.6. The summed E-state index contributed by atoms with van der Waals surface area (Å²) in [5, 5.41) is 21.1. The quantitative estimate of drug-likeness (QED) is 0.0128. The summed E-state index contributed by atoms with van der Waals surface area (Å²) in [7, 11) is 6.95. The Balaban J connectivity index is 0.000000375. The van der Waals surface area contributed by atoms with Gasteiger partial charge in [0.25, 0.3) is 0 Å². The predicted molar refractivity (Wildman–Crippen MR) is 359 cm³/mol. The van der Waals surface area contributed by atoms with E-state index in [0.29, 0.717) is 0 Å². The Morgan fingerprint density at radius 3 is 0.859 bits per heavy atom. The average molecular weight is 1300 g/mol. The van der Waals surface area contributed by atoms with Crippen molar-refractivity contribution in [3.05, 3.63) is 178 Å². The van der Waals surface area contributed by atoms with Gasteiger partial charge in [-0.05, 0) is 73.4 Å². The van der Waals surface area contributed by atoms with Gasteiger partial charge in [0.05, 0.1) is 65.3 Å². The Labute approximate surface area is 550 Å². The third kappa shape index (κ3) is 35.2. The average Bonchev–Trinajstić information content (AvgIpc) is 0.750. The molecule has 0 radical (unpaired) electrons. The summed E-state index contributed by atoms with van der Waals surface area (Å²) in [4.78, 5) is 0. The molecule has 0 aliphatic carbocycles. The van der Waals surface area contributed by atoms with Crippen molar-refractivity contribution in [1.29, 1.82) is 0 Å². The zero-order valence-corrected chi connectivity index (χ0v) is 57.0. The number of unbranched alkanes of at least 4 members (excludes halogenated alkanes) is 28. The van der Waals surface area contributed by atoms with Gasteiger partial charge in [-0.25, -0.2) is 0 Å². The number of nitrogens with zero attached hydrogens (tertiary/aromatic N) is 2. The predicted octanol–water partition coefficient (Wildman–Crippen LogP) is 21.8. The fourth-order valence-corrected chi connectivity index (χ4v) is 12.4. The van der Waals surface area contributed by atoms with Crippen LogP contribution in [0.15, 0.2) is 133 Å². The van der Waals surface area contributed by atoms with Gasteiger partial charge in [0.2, 0.25) is 0 Å². The second-order valence-electron chi connectivity index (χ2n) is 26.9. The minimum atomic E-state index is -4.84. The molecule has 0 heterocycles. The van der Waals surface area contributed by atoms with Crippen molar-refractivity contribution in [2.45, 2.75) is 256 Å². The highest BCUT2D eigenvalue weighted by atomic mass is 19.4. The molecular formula is C77H114BF9N2O3. The number of benzene rings is 5. The highest BCUT2D eigenvalue weighted by Gasteiger charge is 2.42. The van der Waals surface area contributed by atoms with E-state index in [1.165, 1.54) is 222 Å². The van der Waals surface area contributed by atoms with E-state index in [9.17, 15) is 49.6 Å². The molecule has 5 aromatic carbocycles. The Morgan fingerprint density at radius 1 is 0.326 bits per heavy atom. The Bertz CT molecular complexity index is 2410. The molecule has 0 N–H and O–H groups in total. The van der Waals surface area contributed by atoms with Crippen LogP contribution in [0.1, 0.15) is 264 Å². The van der Waals surface area contributed by atoms with Crippen LogP contribution in [0, 0.1) is 0 Å². The molecule has 0 unspecified atom stereocenters. The van der Waals surface area contributed by atoms with E-state index < -0.39 is 48.0 Å². The zero-order chi connectivity index (χ0) is 67.6. The fourth-order valence-electron chi connectivity index (χ4n) is 12.4. The molecule has 0 saturated carbocycles. The summed E-state index contributed by atoms with van der Waals surface area (Å²) < 4.78 is 130. The van der Waals surface area contributed by atoms with Crippen LogP contribution in [-0.4, -0.2) is 64.2 Å². The molecule has 5 rings (SSSR count). The lowest BCUT2D eigenvalue weighted by atomic mass is 9.65. The summed E-state index contributed by atoms with van der Waals surface area (Å²) in [6.07, 6.45) is 26.1. The maximum absolute atomic E-state index is 13.7. The maximum Gasteiger partial charge on any atom is 0.416 e. The fraction of sp³-hybridized carbons (Fsp3) is 0.610. The lowest BCUT2D eigenvalue weighted by molar-refractivity contribution is -0.903. The van der Waals surface area contributed by atoms with Gasteiger partial charge in [-0.2, -0.15) is 39.5 Å². The molecule has 0 aliphatic rings. The summed E-state index contributed by atoms with van der Waals surface area (Å²) in [5.41, 5.74) is -2.80. The van der Waals surface area contributed by atoms with E-state index in [1.54, 1.807) is 0 Å². The second-order valence-corrected chi connectivity index (χ2v) is 26.9. The Hall–Kier alpha value is -4.67. The van der Waals surface area contributed by atoms with Crippen molar-refractivity contribution in [3.63, 3.8) is 0 Å². The van der Waals surface area contributed by atoms with Crippen LogP contribution < -0.4 is 10.0 Å². The van der Waals surface area contributed by atoms with Gasteiger partial charge in [0.15, 0.2) is 0 Å². The van der Waals surface area contributed by atoms with Crippen LogP contribution in [0.2, 0.25) is 0 Å². The van der Waals surface area contributed by atoms with Gasteiger partial charge in [-0.3, -0.25) is 0 Å². The third-order valence-corrected chi connectivity index (χ3v) is 17.6. The summed E-state index contributed by atoms with van der Waals surface area (Å²) in [6.45, 7) is 9.26. The molecule has 0 atom stereocenters. The first-order valence-corrected chi connectivity index (χ1v) is 35.0. The summed E-state index contributed by atoms with van der Waals surface area (Å²) in [5.74, 6) is 0. The van der Waals surface area contributed by atoms with Gasteiger partial charge < -0.3 is 23.7 Å². The first kappa shape index (κ1) is 81.6. The molecule has 0 fully saturated rings. The molecule has 0 amide bonds. The monoisotopic (exact) mass is 1300 g/mol. The van der Waals surface area contributed by atoms with E-state index in [-0.39, 0.29) is 49.0 Å². The van der Waals surface area contributed by atoms with Crippen molar-refractivity contribution >= 4 is 7.32 Å². The molecule has 516 valence electrons. The molecule has 0 aromatic heterocycles. The van der Waals surface area contributed by atoms with Gasteiger partial charge in [-0.15, -0.1) is 0 Å². The van der Waals surface area contributed by atoms with Crippen molar-refractivity contribution < 1.29 is 63.2 Å². The molecule has 0 aliphatic heterocycles. The number of hydrogen-bond donors (Lipinski definition) is 0. The summed E-state index contributed by atoms with van der Waals surface area (Å²) in [6, 6.07) is 33.1. The zero-order valence-electron chi connectivity index (χ0n) is 57.0. The van der Waals surface area contributed by atoms with E-state index in [1.807, 2.05) is 0 Å². The van der Waals surface area contributed by atoms with Crippen molar-refractivity contribution in [2.24, 2.45) is 0 Å². The topological polar surface area (TPSA) is 55.3 Å². The van der Waals surface area contributed by atoms with Gasteiger partial charge in [0, 0.05) is 23.1 Å². The molecule has 15 heteroatoms. The number of alkyl halides is 9. The van der Waals surface area contributed by atoms with Crippen molar-refractivity contribution in [2.75, 3.05) is 47.9 Å². The van der Waals surface area contributed by atoms with Crippen LogP contribution in [0.25, 0.3) is 0 Å². The molecule has 0 spiro atoms. The van der Waals surface area contributed by atoms with E-state index in [2.05, 4.69) is 107 Å². The van der Waals surface area contributed by atoms with Crippen LogP contribution >= 0.6 is 0 Å². The van der Waals surface area contributed by atoms with Crippen LogP contribution in [0.4, 0.5) is 39.5 Å². The van der Waals surface area contributed by atoms with E-state index in [4.69, 9.17) is 0 Å². The number of quaternary nitrogens is 2. The Kier molecular flexibility index (Phi) is 39.8. The van der Waals surface area contributed by atoms with Crippen LogP contribution in [0.3, 0.4) is 0 Å². The van der Waals surface area contributed by atoms with Crippen LogP contribution in [0.5, 0.6) is 0 Å². The van der Waals surface area contributed by atoms with Crippen LogP contribution in [-0.2, 0) is 41.7 Å². The van der Waals surface area contributed by atoms with E-state index in [0.717, 1.165) is 76.7 Å². The number of hydrogen-bond acceptors (Lipinski definition) is 3. The molecule has 0 bridgehead atoms. The highest BCUT2D eigenvalue weighted by molar-refractivity contribution is 6.28. The lowest BCUT2D eigenvalue weighted by Gasteiger charge is -2.37. The molecule has 92 heavy (non-hydrogen) atoms. The maximum atomic E-state index is 13.7. The SMILES string of the molecule is CCCCCCCCCCCCCCCC[N+](C)(C)Cc1ccccc1.CCCCCCCCCCCCCCCC[N+](C)(C)Cc1ccccc1.[O-]B([O-])OCCCCCC(c1cccc(C(F)(F)F)c1)(c1cccc(C(F)(F)F)c1)c1cccc(C(F)(F)F)c1. The van der Waals surface area contributed by atoms with Gasteiger partial charge in [0.1, 0.15) is 13.1 Å². The minimum Gasteiger partial charge on any atom is -0.871 e. The molecule has 5 nitrogen and oxygen atoms in total. The van der Waals surface area contributed by atoms with E-state index >= 15 is 0 Å².